The number of allylic oxidation sites excluding steroid dienone is 20. The van der Waals surface area contributed by atoms with Crippen LogP contribution in [0.3, 0.4) is 0 Å². The van der Waals surface area contributed by atoms with Gasteiger partial charge in [0, 0.05) is 19.3 Å². The monoisotopic (exact) mass is 1080 g/mol. The van der Waals surface area contributed by atoms with E-state index in [4.69, 9.17) is 23.3 Å². The van der Waals surface area contributed by atoms with E-state index in [0.717, 1.165) is 122 Å². The van der Waals surface area contributed by atoms with Gasteiger partial charge in [-0.1, -0.05) is 232 Å². The van der Waals surface area contributed by atoms with Gasteiger partial charge in [-0.3, -0.25) is 23.4 Å². The van der Waals surface area contributed by atoms with Crippen molar-refractivity contribution in [3.05, 3.63) is 122 Å². The molecule has 0 aliphatic heterocycles. The van der Waals surface area contributed by atoms with Crippen LogP contribution in [0.1, 0.15) is 226 Å². The van der Waals surface area contributed by atoms with Crippen LogP contribution >= 0.6 is 7.82 Å². The zero-order valence-corrected chi connectivity index (χ0v) is 48.6. The van der Waals surface area contributed by atoms with Crippen LogP contribution in [0.25, 0.3) is 0 Å². The topological polar surface area (TPSA) is 155 Å². The third-order valence-corrected chi connectivity index (χ3v) is 12.8. The molecule has 12 heteroatoms. The summed E-state index contributed by atoms with van der Waals surface area (Å²) in [5.41, 5.74) is 0. The first-order valence-corrected chi connectivity index (χ1v) is 30.9. The van der Waals surface area contributed by atoms with Gasteiger partial charge < -0.3 is 24.2 Å². The number of hydrogen-bond donors (Lipinski definition) is 2. The summed E-state index contributed by atoms with van der Waals surface area (Å²) in [5, 5.41) is 9.80. The SMILES string of the molecule is CC/C=C\C/C=C\C/C=C\C/C=C\C/C=C\C/C=C\CCC(=O)OCC(COP(=O)(O)OCC(CO)OC(=O)CCCCCCCCCCCCC)OC(=O)CCCCCCCC/C=C\C/C=C\C/C=C\C/C=C\CC. The molecule has 2 N–H and O–H groups in total. The fraction of sp³-hybridized carbons (Fsp3) is 0.641. The van der Waals surface area contributed by atoms with Crippen LogP contribution in [0.4, 0.5) is 0 Å². The molecular formula is C64H105O11P. The zero-order valence-electron chi connectivity index (χ0n) is 47.7. The minimum Gasteiger partial charge on any atom is -0.462 e. The maximum Gasteiger partial charge on any atom is 0.472 e. The van der Waals surface area contributed by atoms with Crippen LogP contribution in [0.15, 0.2) is 122 Å². The molecule has 0 aliphatic rings. The molecule has 11 nitrogen and oxygen atoms in total. The molecule has 0 saturated carbocycles. The number of phosphoric acid groups is 1. The van der Waals surface area contributed by atoms with Gasteiger partial charge >= 0.3 is 25.7 Å². The van der Waals surface area contributed by atoms with E-state index >= 15 is 0 Å². The number of carbonyl (C=O) groups is 3. The average Bonchev–Trinajstić information content (AvgIpc) is 3.41. The van der Waals surface area contributed by atoms with Gasteiger partial charge in [0.1, 0.15) is 12.7 Å². The van der Waals surface area contributed by atoms with Crippen molar-refractivity contribution in [1.29, 1.82) is 0 Å². The molecule has 0 fully saturated rings. The van der Waals surface area contributed by atoms with Crippen LogP contribution < -0.4 is 0 Å². The molecule has 0 radical (unpaired) electrons. The number of unbranched alkanes of at least 4 members (excludes halogenated alkanes) is 16. The van der Waals surface area contributed by atoms with Gasteiger partial charge in [-0.2, -0.15) is 0 Å². The zero-order chi connectivity index (χ0) is 55.5. The van der Waals surface area contributed by atoms with Crippen molar-refractivity contribution in [1.82, 2.24) is 0 Å². The number of phosphoric ester groups is 1. The largest absolute Gasteiger partial charge is 0.472 e. The normalized spacial score (nSPS) is 14.2. The molecule has 0 spiro atoms. The minimum absolute atomic E-state index is 0.0925. The van der Waals surface area contributed by atoms with Crippen molar-refractivity contribution in [2.75, 3.05) is 26.4 Å². The molecule has 76 heavy (non-hydrogen) atoms. The molecule has 0 rings (SSSR count). The summed E-state index contributed by atoms with van der Waals surface area (Å²) in [6.07, 6.45) is 70.3. The minimum atomic E-state index is -4.77. The van der Waals surface area contributed by atoms with Crippen LogP contribution in [-0.2, 0) is 42.2 Å². The fourth-order valence-corrected chi connectivity index (χ4v) is 8.27. The van der Waals surface area contributed by atoms with E-state index in [9.17, 15) is 28.9 Å². The summed E-state index contributed by atoms with van der Waals surface area (Å²) >= 11 is 0. The number of ether oxygens (including phenoxy) is 3. The highest BCUT2D eigenvalue weighted by Crippen LogP contribution is 2.43. The fourth-order valence-electron chi connectivity index (χ4n) is 7.49. The maximum atomic E-state index is 12.9. The number of rotatable bonds is 53. The summed E-state index contributed by atoms with van der Waals surface area (Å²) < 4.78 is 39.4. The average molecular weight is 1080 g/mol. The van der Waals surface area contributed by atoms with E-state index < -0.39 is 57.8 Å². The van der Waals surface area contributed by atoms with Gasteiger partial charge in [0.05, 0.1) is 19.8 Å². The van der Waals surface area contributed by atoms with Crippen molar-refractivity contribution in [3.63, 3.8) is 0 Å². The predicted molar refractivity (Wildman–Crippen MR) is 316 cm³/mol. The first-order chi connectivity index (χ1) is 37.2. The van der Waals surface area contributed by atoms with Crippen LogP contribution in [-0.4, -0.2) is 66.5 Å². The van der Waals surface area contributed by atoms with Crippen molar-refractivity contribution in [2.45, 2.75) is 238 Å². The van der Waals surface area contributed by atoms with E-state index in [1.807, 2.05) is 12.2 Å². The number of carbonyl (C=O) groups excluding carboxylic acids is 3. The summed E-state index contributed by atoms with van der Waals surface area (Å²) in [7, 11) is -4.77. The Morgan fingerprint density at radius 2 is 0.711 bits per heavy atom. The van der Waals surface area contributed by atoms with E-state index in [1.54, 1.807) is 0 Å². The van der Waals surface area contributed by atoms with E-state index in [2.05, 4.69) is 130 Å². The summed E-state index contributed by atoms with van der Waals surface area (Å²) in [6.45, 7) is 4.30. The number of aliphatic hydroxyl groups is 1. The second-order valence-corrected chi connectivity index (χ2v) is 20.5. The van der Waals surface area contributed by atoms with Crippen LogP contribution in [0.5, 0.6) is 0 Å². The highest BCUT2D eigenvalue weighted by molar-refractivity contribution is 7.47. The molecule has 0 aromatic carbocycles. The first kappa shape index (κ1) is 71.9. The lowest BCUT2D eigenvalue weighted by Crippen LogP contribution is -2.30. The van der Waals surface area contributed by atoms with Gasteiger partial charge in [-0.15, -0.1) is 0 Å². The second kappa shape index (κ2) is 57.1. The number of esters is 3. The Labute approximate surface area is 462 Å². The number of aliphatic hydroxyl groups excluding tert-OH is 1. The Morgan fingerprint density at radius 3 is 1.11 bits per heavy atom. The highest BCUT2D eigenvalue weighted by atomic mass is 31.2. The van der Waals surface area contributed by atoms with Gasteiger partial charge in [0.25, 0.3) is 0 Å². The van der Waals surface area contributed by atoms with Gasteiger partial charge in [0.15, 0.2) is 6.10 Å². The molecule has 0 amide bonds. The molecule has 0 bridgehead atoms. The first-order valence-electron chi connectivity index (χ1n) is 29.4. The second-order valence-electron chi connectivity index (χ2n) is 19.0. The smallest absolute Gasteiger partial charge is 0.462 e. The van der Waals surface area contributed by atoms with Crippen LogP contribution in [0.2, 0.25) is 0 Å². The van der Waals surface area contributed by atoms with E-state index in [1.165, 1.54) is 44.9 Å². The third-order valence-electron chi connectivity index (χ3n) is 11.9. The Morgan fingerprint density at radius 1 is 0.382 bits per heavy atom. The summed E-state index contributed by atoms with van der Waals surface area (Å²) in [5.74, 6) is -1.59. The quantitative estimate of drug-likeness (QED) is 0.0197. The van der Waals surface area contributed by atoms with Gasteiger partial charge in [0.2, 0.25) is 0 Å². The molecule has 3 unspecified atom stereocenters. The maximum absolute atomic E-state index is 12.9. The molecular weight excluding hydrogens is 976 g/mol. The molecule has 0 aromatic rings. The number of hydrogen-bond acceptors (Lipinski definition) is 10. The summed E-state index contributed by atoms with van der Waals surface area (Å²) in [6, 6.07) is 0. The third kappa shape index (κ3) is 54.7. The molecule has 0 aromatic heterocycles. The Bertz CT molecular complexity index is 1740. The molecule has 0 heterocycles. The van der Waals surface area contributed by atoms with Gasteiger partial charge in [-0.05, 0) is 96.3 Å². The summed E-state index contributed by atoms with van der Waals surface area (Å²) in [4.78, 5) is 48.5. The van der Waals surface area contributed by atoms with Crippen molar-refractivity contribution in [3.8, 4) is 0 Å². The Hall–Kier alpha value is -4.12. The lowest BCUT2D eigenvalue weighted by Gasteiger charge is -2.21. The predicted octanol–water partition coefficient (Wildman–Crippen LogP) is 17.6. The molecule has 0 saturated heterocycles. The standard InChI is InChI=1S/C64H105O11P/c1-4-7-10-13-16-19-22-24-26-28-30-32-34-36-39-41-44-47-50-53-62(66)71-57-61(75-64(68)55-52-49-46-43-40-37-35-33-31-29-27-25-23-20-17-14-11-8-5-2)59-73-76(69,70)72-58-60(56-65)74-63(67)54-51-48-45-42-38-21-18-15-12-9-6-3/h7-8,10-11,16-17,19-20,24-27,30-33,36,39,44,47,60-61,65H,4-6,9,12-15,18,21-23,28-29,34-35,37-38,40-43,45-46,48-59H2,1-3H3,(H,69,70)/b10-7-,11-8-,19-16-,20-17-,26-24-,27-25-,32-30-,33-31-,39-36-,47-44-. The van der Waals surface area contributed by atoms with Crippen LogP contribution in [0, 0.1) is 0 Å². The molecule has 0 aliphatic carbocycles. The van der Waals surface area contributed by atoms with E-state index in [-0.39, 0.29) is 25.9 Å². The van der Waals surface area contributed by atoms with Crippen molar-refractivity contribution in [2.24, 2.45) is 0 Å². The molecule has 432 valence electrons. The van der Waals surface area contributed by atoms with Crippen molar-refractivity contribution >= 4 is 25.7 Å². The van der Waals surface area contributed by atoms with Crippen molar-refractivity contribution < 1.29 is 52.2 Å². The van der Waals surface area contributed by atoms with Gasteiger partial charge in [-0.25, -0.2) is 4.57 Å². The van der Waals surface area contributed by atoms with E-state index in [0.29, 0.717) is 19.3 Å². The molecule has 3 atom stereocenters. The Kier molecular flexibility index (Phi) is 54.0. The lowest BCUT2D eigenvalue weighted by atomic mass is 10.1. The lowest BCUT2D eigenvalue weighted by molar-refractivity contribution is -0.161. The Balaban J connectivity index is 4.87. The highest BCUT2D eigenvalue weighted by Gasteiger charge is 2.28.